The zero-order chi connectivity index (χ0) is 14.8. The molecule has 0 spiro atoms. The molecular weight excluding hydrogens is 290 g/mol. The number of hydrogen-bond acceptors (Lipinski definition) is 3. The van der Waals surface area contributed by atoms with Crippen molar-refractivity contribution in [3.05, 3.63) is 70.7 Å². The van der Waals surface area contributed by atoms with E-state index in [1.165, 1.54) is 0 Å². The Balaban J connectivity index is 1.91. The van der Waals surface area contributed by atoms with Crippen molar-refractivity contribution in [3.8, 4) is 0 Å². The van der Waals surface area contributed by atoms with Crippen molar-refractivity contribution in [2.45, 2.75) is 12.1 Å². The summed E-state index contributed by atoms with van der Waals surface area (Å²) in [6.07, 6.45) is -1.47. The standard InChI is InChI=1S/C16H12ClNO3/c17-12-8-6-10(7-9-12)13-15(21-16(20)18-13)14(19)11-4-2-1-3-5-11/h1-9,13,15H,(H,18,20)/t13-,15+/m0/s1. The average Bonchev–Trinajstić information content (AvgIpc) is 2.90. The molecular formula is C16H12ClNO3. The maximum Gasteiger partial charge on any atom is 0.408 e. The van der Waals surface area contributed by atoms with Gasteiger partial charge in [-0.1, -0.05) is 54.1 Å². The molecule has 4 nitrogen and oxygen atoms in total. The third kappa shape index (κ3) is 2.76. The monoisotopic (exact) mass is 301 g/mol. The predicted molar refractivity (Wildman–Crippen MR) is 78.4 cm³/mol. The molecule has 3 rings (SSSR count). The number of Topliss-reactive ketones (excluding diaryl/α,β-unsaturated/α-hetero) is 1. The number of hydrogen-bond donors (Lipinski definition) is 1. The van der Waals surface area contributed by atoms with E-state index < -0.39 is 18.2 Å². The van der Waals surface area contributed by atoms with Gasteiger partial charge >= 0.3 is 6.09 Å². The van der Waals surface area contributed by atoms with Gasteiger partial charge in [0.1, 0.15) is 6.04 Å². The van der Waals surface area contributed by atoms with Gasteiger partial charge in [-0.05, 0) is 17.7 Å². The van der Waals surface area contributed by atoms with Gasteiger partial charge in [0.25, 0.3) is 0 Å². The molecule has 0 radical (unpaired) electrons. The molecule has 2 aromatic carbocycles. The van der Waals surface area contributed by atoms with E-state index in [-0.39, 0.29) is 5.78 Å². The smallest absolute Gasteiger partial charge is 0.408 e. The molecule has 1 fully saturated rings. The third-order valence-electron chi connectivity index (χ3n) is 3.36. The molecule has 2 atom stereocenters. The van der Waals surface area contributed by atoms with Crippen LogP contribution in [0.3, 0.4) is 0 Å². The Kier molecular flexibility index (Phi) is 3.62. The minimum atomic E-state index is -0.874. The molecule has 106 valence electrons. The van der Waals surface area contributed by atoms with Crippen molar-refractivity contribution in [2.75, 3.05) is 0 Å². The lowest BCUT2D eigenvalue weighted by Crippen LogP contribution is -2.29. The lowest BCUT2D eigenvalue weighted by molar-refractivity contribution is 0.0721. The van der Waals surface area contributed by atoms with Gasteiger partial charge in [-0.25, -0.2) is 4.79 Å². The molecule has 1 N–H and O–H groups in total. The second-order valence-electron chi connectivity index (χ2n) is 4.73. The Morgan fingerprint density at radius 3 is 2.38 bits per heavy atom. The van der Waals surface area contributed by atoms with E-state index in [9.17, 15) is 9.59 Å². The van der Waals surface area contributed by atoms with Crippen molar-refractivity contribution in [1.82, 2.24) is 5.32 Å². The van der Waals surface area contributed by atoms with E-state index in [2.05, 4.69) is 5.32 Å². The molecule has 1 saturated heterocycles. The van der Waals surface area contributed by atoms with Gasteiger partial charge < -0.3 is 10.1 Å². The van der Waals surface area contributed by atoms with Crippen LogP contribution >= 0.6 is 11.6 Å². The molecule has 5 heteroatoms. The summed E-state index contributed by atoms with van der Waals surface area (Å²) in [5.74, 6) is -0.228. The Hall–Kier alpha value is -2.33. The number of carbonyl (C=O) groups excluding carboxylic acids is 2. The van der Waals surface area contributed by atoms with Gasteiger partial charge in [-0.3, -0.25) is 4.79 Å². The molecule has 0 aromatic heterocycles. The van der Waals surface area contributed by atoms with Crippen LogP contribution in [0, 0.1) is 0 Å². The number of rotatable bonds is 3. The van der Waals surface area contributed by atoms with E-state index in [4.69, 9.17) is 16.3 Å². The zero-order valence-corrected chi connectivity index (χ0v) is 11.7. The molecule has 2 aromatic rings. The number of nitrogens with one attached hydrogen (secondary N) is 1. The molecule has 0 unspecified atom stereocenters. The highest BCUT2D eigenvalue weighted by Gasteiger charge is 2.40. The average molecular weight is 302 g/mol. The number of cyclic esters (lactones) is 1. The number of benzene rings is 2. The van der Waals surface area contributed by atoms with Gasteiger partial charge in [0.05, 0.1) is 0 Å². The highest BCUT2D eigenvalue weighted by atomic mass is 35.5. The van der Waals surface area contributed by atoms with E-state index in [1.54, 1.807) is 48.5 Å². The van der Waals surface area contributed by atoms with Crippen molar-refractivity contribution in [2.24, 2.45) is 0 Å². The van der Waals surface area contributed by atoms with Gasteiger partial charge in [0.15, 0.2) is 6.10 Å². The van der Waals surface area contributed by atoms with Gasteiger partial charge in [-0.15, -0.1) is 0 Å². The first-order valence-electron chi connectivity index (χ1n) is 6.47. The minimum absolute atomic E-state index is 0.228. The van der Waals surface area contributed by atoms with Crippen molar-refractivity contribution in [1.29, 1.82) is 0 Å². The van der Waals surface area contributed by atoms with Crippen LogP contribution in [0.2, 0.25) is 5.02 Å². The Morgan fingerprint density at radius 1 is 1.05 bits per heavy atom. The van der Waals surface area contributed by atoms with Crippen molar-refractivity contribution >= 4 is 23.5 Å². The van der Waals surface area contributed by atoms with Crippen LogP contribution in [-0.2, 0) is 4.74 Å². The number of halogens is 1. The Morgan fingerprint density at radius 2 is 1.71 bits per heavy atom. The summed E-state index contributed by atoms with van der Waals surface area (Å²) in [7, 11) is 0. The largest absolute Gasteiger partial charge is 0.435 e. The number of alkyl carbamates (subject to hydrolysis) is 1. The molecule has 1 heterocycles. The van der Waals surface area contributed by atoms with Crippen LogP contribution in [0.5, 0.6) is 0 Å². The molecule has 0 aliphatic carbocycles. The maximum absolute atomic E-state index is 12.5. The first-order chi connectivity index (χ1) is 10.1. The maximum atomic E-state index is 12.5. The second kappa shape index (κ2) is 5.58. The SMILES string of the molecule is O=C1N[C@@H](c2ccc(Cl)cc2)[C@H](C(=O)c2ccccc2)O1. The summed E-state index contributed by atoms with van der Waals surface area (Å²) in [6.45, 7) is 0. The first kappa shape index (κ1) is 13.6. The fourth-order valence-electron chi connectivity index (χ4n) is 2.32. The Bertz CT molecular complexity index is 670. The van der Waals surface area contributed by atoms with Crippen molar-refractivity contribution in [3.63, 3.8) is 0 Å². The van der Waals surface area contributed by atoms with Crippen LogP contribution < -0.4 is 5.32 Å². The number of amides is 1. The molecule has 0 saturated carbocycles. The molecule has 1 aliphatic heterocycles. The minimum Gasteiger partial charge on any atom is -0.435 e. The summed E-state index contributed by atoms with van der Waals surface area (Å²) in [5.41, 5.74) is 1.29. The lowest BCUT2D eigenvalue weighted by Gasteiger charge is -2.16. The number of ketones is 1. The molecule has 21 heavy (non-hydrogen) atoms. The Labute approximate surface area is 126 Å². The zero-order valence-electron chi connectivity index (χ0n) is 11.0. The van der Waals surface area contributed by atoms with E-state index in [0.717, 1.165) is 5.56 Å². The van der Waals surface area contributed by atoms with E-state index >= 15 is 0 Å². The normalized spacial score (nSPS) is 20.7. The topological polar surface area (TPSA) is 55.4 Å². The van der Waals surface area contributed by atoms with Gasteiger partial charge in [-0.2, -0.15) is 0 Å². The summed E-state index contributed by atoms with van der Waals surface area (Å²) in [6, 6.07) is 15.2. The first-order valence-corrected chi connectivity index (χ1v) is 6.85. The highest BCUT2D eigenvalue weighted by molar-refractivity contribution is 6.30. The van der Waals surface area contributed by atoms with Crippen LogP contribution in [0.15, 0.2) is 54.6 Å². The predicted octanol–water partition coefficient (Wildman–Crippen LogP) is 3.37. The fourth-order valence-corrected chi connectivity index (χ4v) is 2.45. The summed E-state index contributed by atoms with van der Waals surface area (Å²) < 4.78 is 5.14. The molecule has 0 bridgehead atoms. The second-order valence-corrected chi connectivity index (χ2v) is 5.17. The van der Waals surface area contributed by atoms with Crippen LogP contribution in [0.4, 0.5) is 4.79 Å². The van der Waals surface area contributed by atoms with Crippen molar-refractivity contribution < 1.29 is 14.3 Å². The number of ether oxygens (including phenoxy) is 1. The summed E-state index contributed by atoms with van der Waals surface area (Å²) in [4.78, 5) is 24.0. The quantitative estimate of drug-likeness (QED) is 0.884. The fraction of sp³-hybridized carbons (Fsp3) is 0.125. The van der Waals surface area contributed by atoms with Gasteiger partial charge in [0, 0.05) is 10.6 Å². The molecule has 1 amide bonds. The van der Waals surface area contributed by atoms with Crippen LogP contribution in [-0.4, -0.2) is 18.0 Å². The van der Waals surface area contributed by atoms with E-state index in [1.807, 2.05) is 6.07 Å². The lowest BCUT2D eigenvalue weighted by atomic mass is 9.96. The van der Waals surface area contributed by atoms with Crippen LogP contribution in [0.25, 0.3) is 0 Å². The molecule has 1 aliphatic rings. The van der Waals surface area contributed by atoms with Crippen LogP contribution in [0.1, 0.15) is 22.0 Å². The third-order valence-corrected chi connectivity index (χ3v) is 3.61. The van der Waals surface area contributed by atoms with E-state index in [0.29, 0.717) is 10.6 Å². The summed E-state index contributed by atoms with van der Waals surface area (Å²) >= 11 is 5.86. The van der Waals surface area contributed by atoms with Gasteiger partial charge in [0.2, 0.25) is 5.78 Å². The highest BCUT2D eigenvalue weighted by Crippen LogP contribution is 2.28. The summed E-state index contributed by atoms with van der Waals surface area (Å²) in [5, 5.41) is 3.26. The number of carbonyl (C=O) groups is 2.